The van der Waals surface area contributed by atoms with Crippen LogP contribution >= 0.6 is 35.3 Å². The maximum absolute atomic E-state index is 11.6. The highest BCUT2D eigenvalue weighted by molar-refractivity contribution is 14.0. The van der Waals surface area contributed by atoms with Gasteiger partial charge in [0, 0.05) is 18.5 Å². The van der Waals surface area contributed by atoms with Crippen molar-refractivity contribution in [1.29, 1.82) is 0 Å². The van der Waals surface area contributed by atoms with Crippen LogP contribution in [0.1, 0.15) is 16.0 Å². The van der Waals surface area contributed by atoms with Gasteiger partial charge in [0.05, 0.1) is 12.3 Å². The molecule has 0 atom stereocenters. The van der Waals surface area contributed by atoms with Crippen molar-refractivity contribution in [2.75, 3.05) is 14.1 Å². The molecule has 6 nitrogen and oxygen atoms in total. The average Bonchev–Trinajstić information content (AvgIpc) is 3.08. The molecule has 2 aromatic rings. The van der Waals surface area contributed by atoms with Gasteiger partial charge in [0.2, 0.25) is 10.0 Å². The predicted molar refractivity (Wildman–Crippen MR) is 115 cm³/mol. The molecule has 0 aliphatic rings. The summed E-state index contributed by atoms with van der Waals surface area (Å²) in [6, 6.07) is 11.6. The van der Waals surface area contributed by atoms with Crippen molar-refractivity contribution in [3.63, 3.8) is 0 Å². The van der Waals surface area contributed by atoms with E-state index < -0.39 is 10.0 Å². The van der Waals surface area contributed by atoms with Crippen LogP contribution in [-0.2, 0) is 28.9 Å². The highest BCUT2D eigenvalue weighted by Gasteiger charge is 2.09. The van der Waals surface area contributed by atoms with Crippen molar-refractivity contribution in [3.05, 3.63) is 57.8 Å². The molecule has 0 spiro atoms. The second-order valence-electron chi connectivity index (χ2n) is 5.14. The second kappa shape index (κ2) is 10.7. The number of aliphatic imine (C=N–C) groups is 1. The van der Waals surface area contributed by atoms with Crippen LogP contribution in [0.5, 0.6) is 0 Å². The number of nitrogens with one attached hydrogen (secondary N) is 3. The Morgan fingerprint density at radius 3 is 2.48 bits per heavy atom. The smallest absolute Gasteiger partial charge is 0.215 e. The number of benzene rings is 1. The van der Waals surface area contributed by atoms with E-state index in [1.807, 2.05) is 35.7 Å². The summed E-state index contributed by atoms with van der Waals surface area (Å²) in [4.78, 5) is 5.42. The number of thiophene rings is 1. The summed E-state index contributed by atoms with van der Waals surface area (Å²) in [7, 11) is -0.122. The van der Waals surface area contributed by atoms with Crippen molar-refractivity contribution in [1.82, 2.24) is 15.4 Å². The third kappa shape index (κ3) is 7.72. The molecule has 0 saturated heterocycles. The first-order chi connectivity index (χ1) is 11.5. The quantitative estimate of drug-likeness (QED) is 0.314. The highest BCUT2D eigenvalue weighted by Crippen LogP contribution is 2.09. The molecule has 1 aromatic heterocycles. The largest absolute Gasteiger partial charge is 0.352 e. The van der Waals surface area contributed by atoms with E-state index in [4.69, 9.17) is 0 Å². The van der Waals surface area contributed by atoms with Crippen LogP contribution in [0.3, 0.4) is 0 Å². The molecule has 3 N–H and O–H groups in total. The Morgan fingerprint density at radius 1 is 1.12 bits per heavy atom. The Morgan fingerprint density at radius 2 is 1.84 bits per heavy atom. The summed E-state index contributed by atoms with van der Waals surface area (Å²) >= 11 is 1.69. The first-order valence-corrected chi connectivity index (χ1v) is 10.0. The molecule has 0 saturated carbocycles. The lowest BCUT2D eigenvalue weighted by molar-refractivity contribution is 0.587. The molecule has 1 aromatic carbocycles. The van der Waals surface area contributed by atoms with E-state index >= 15 is 0 Å². The molecule has 9 heteroatoms. The van der Waals surface area contributed by atoms with Crippen molar-refractivity contribution in [2.24, 2.45) is 4.99 Å². The SMILES string of the molecule is CN=C(NCc1cccc(CS(=O)(=O)NC)c1)NCc1cccs1.I. The first kappa shape index (κ1) is 21.9. The summed E-state index contributed by atoms with van der Waals surface area (Å²) in [6.07, 6.45) is 0. The molecular formula is C16H23IN4O2S2. The van der Waals surface area contributed by atoms with Crippen LogP contribution in [0.2, 0.25) is 0 Å². The van der Waals surface area contributed by atoms with Gasteiger partial charge in [-0.25, -0.2) is 13.1 Å². The van der Waals surface area contributed by atoms with Crippen LogP contribution in [0.4, 0.5) is 0 Å². The molecule has 0 fully saturated rings. The fourth-order valence-corrected chi connectivity index (χ4v) is 3.52. The molecule has 0 aliphatic carbocycles. The summed E-state index contributed by atoms with van der Waals surface area (Å²) in [6.45, 7) is 1.29. The molecule has 25 heavy (non-hydrogen) atoms. The molecule has 1 heterocycles. The third-order valence-electron chi connectivity index (χ3n) is 3.35. The van der Waals surface area contributed by atoms with Gasteiger partial charge in [0.1, 0.15) is 0 Å². The van der Waals surface area contributed by atoms with Crippen molar-refractivity contribution in [3.8, 4) is 0 Å². The molecule has 138 valence electrons. The van der Waals surface area contributed by atoms with E-state index in [0.717, 1.165) is 17.7 Å². The van der Waals surface area contributed by atoms with E-state index in [0.29, 0.717) is 12.5 Å². The van der Waals surface area contributed by atoms with E-state index in [-0.39, 0.29) is 29.7 Å². The Bertz CT molecular complexity index is 777. The summed E-state index contributed by atoms with van der Waals surface area (Å²) in [5.74, 6) is 0.680. The maximum Gasteiger partial charge on any atom is 0.215 e. The number of nitrogens with zero attached hydrogens (tertiary/aromatic N) is 1. The van der Waals surface area contributed by atoms with Gasteiger partial charge in [-0.15, -0.1) is 35.3 Å². The van der Waals surface area contributed by atoms with Crippen LogP contribution < -0.4 is 15.4 Å². The van der Waals surface area contributed by atoms with Gasteiger partial charge in [-0.1, -0.05) is 30.3 Å². The van der Waals surface area contributed by atoms with E-state index in [1.165, 1.54) is 11.9 Å². The van der Waals surface area contributed by atoms with Gasteiger partial charge in [-0.3, -0.25) is 4.99 Å². The van der Waals surface area contributed by atoms with Gasteiger partial charge in [-0.2, -0.15) is 0 Å². The number of guanidine groups is 1. The Kier molecular flexibility index (Phi) is 9.39. The van der Waals surface area contributed by atoms with Crippen LogP contribution in [0.25, 0.3) is 0 Å². The average molecular weight is 494 g/mol. The minimum absolute atomic E-state index is 0. The molecule has 0 amide bonds. The number of rotatable bonds is 7. The van der Waals surface area contributed by atoms with Crippen molar-refractivity contribution < 1.29 is 8.42 Å². The van der Waals surface area contributed by atoms with Crippen LogP contribution in [0.15, 0.2) is 46.8 Å². The summed E-state index contributed by atoms with van der Waals surface area (Å²) < 4.78 is 25.6. The normalized spacial score (nSPS) is 11.7. The lowest BCUT2D eigenvalue weighted by Gasteiger charge is -2.12. The predicted octanol–water partition coefficient (Wildman–Crippen LogP) is 2.28. The van der Waals surface area contributed by atoms with Gasteiger partial charge >= 0.3 is 0 Å². The highest BCUT2D eigenvalue weighted by atomic mass is 127. The van der Waals surface area contributed by atoms with Gasteiger partial charge in [0.25, 0.3) is 0 Å². The van der Waals surface area contributed by atoms with Crippen molar-refractivity contribution in [2.45, 2.75) is 18.8 Å². The number of halogens is 1. The molecular weight excluding hydrogens is 471 g/mol. The van der Waals surface area contributed by atoms with Crippen LogP contribution in [0, 0.1) is 0 Å². The first-order valence-electron chi connectivity index (χ1n) is 7.48. The maximum atomic E-state index is 11.6. The molecule has 0 bridgehead atoms. The minimum atomic E-state index is -3.26. The molecule has 0 radical (unpaired) electrons. The fraction of sp³-hybridized carbons (Fsp3) is 0.312. The standard InChI is InChI=1S/C16H22N4O2S2.HI/c1-17-16(20-11-15-7-4-8-23-15)19-10-13-5-3-6-14(9-13)12-24(21,22)18-2;/h3-9,18H,10-12H2,1-2H3,(H2,17,19,20);1H. The number of hydrogen-bond donors (Lipinski definition) is 3. The topological polar surface area (TPSA) is 82.6 Å². The Labute approximate surface area is 170 Å². The summed E-state index contributed by atoms with van der Waals surface area (Å²) in [5.41, 5.74) is 1.75. The van der Waals surface area contributed by atoms with Gasteiger partial charge < -0.3 is 10.6 Å². The van der Waals surface area contributed by atoms with Gasteiger partial charge in [0.15, 0.2) is 5.96 Å². The molecule has 0 unspecified atom stereocenters. The zero-order valence-corrected chi connectivity index (χ0v) is 18.1. The van der Waals surface area contributed by atoms with Crippen molar-refractivity contribution >= 4 is 51.3 Å². The second-order valence-corrected chi connectivity index (χ2v) is 8.10. The third-order valence-corrected chi connectivity index (χ3v) is 5.56. The molecule has 2 rings (SSSR count). The zero-order chi connectivity index (χ0) is 17.4. The summed E-state index contributed by atoms with van der Waals surface area (Å²) in [5, 5.41) is 8.52. The number of sulfonamides is 1. The van der Waals surface area contributed by atoms with E-state index in [2.05, 4.69) is 26.4 Å². The molecule has 0 aliphatic heterocycles. The fourth-order valence-electron chi connectivity index (χ4n) is 2.11. The van der Waals surface area contributed by atoms with Gasteiger partial charge in [-0.05, 0) is 29.6 Å². The van der Waals surface area contributed by atoms with E-state index in [1.54, 1.807) is 18.4 Å². The lowest BCUT2D eigenvalue weighted by atomic mass is 10.1. The number of hydrogen-bond acceptors (Lipinski definition) is 4. The van der Waals surface area contributed by atoms with Crippen LogP contribution in [-0.4, -0.2) is 28.5 Å². The monoisotopic (exact) mass is 494 g/mol. The Balaban J connectivity index is 0.00000312. The minimum Gasteiger partial charge on any atom is -0.352 e. The Hall–Kier alpha value is -1.17. The van der Waals surface area contributed by atoms with E-state index in [9.17, 15) is 8.42 Å². The lowest BCUT2D eigenvalue weighted by Crippen LogP contribution is -2.36. The zero-order valence-electron chi connectivity index (χ0n) is 14.2.